The van der Waals surface area contributed by atoms with Crippen LogP contribution in [0.3, 0.4) is 0 Å². The van der Waals surface area contributed by atoms with Crippen molar-refractivity contribution in [3.05, 3.63) is 0 Å². The van der Waals surface area contributed by atoms with Crippen molar-refractivity contribution < 1.29 is 0 Å². The monoisotopic (exact) mass is 291 g/mol. The molecular formula is C18H33N3. The molecule has 21 heavy (non-hydrogen) atoms. The van der Waals surface area contributed by atoms with Crippen molar-refractivity contribution >= 4 is 0 Å². The summed E-state index contributed by atoms with van der Waals surface area (Å²) in [5, 5.41) is 9.12. The Morgan fingerprint density at radius 3 is 2.24 bits per heavy atom. The first-order chi connectivity index (χ1) is 10.0. The van der Waals surface area contributed by atoms with E-state index in [9.17, 15) is 0 Å². The van der Waals surface area contributed by atoms with Gasteiger partial charge < -0.3 is 0 Å². The van der Waals surface area contributed by atoms with Gasteiger partial charge in [0.1, 0.15) is 0 Å². The maximum Gasteiger partial charge on any atom is 0.0638 e. The topological polar surface area (TPSA) is 30.3 Å². The zero-order valence-electron chi connectivity index (χ0n) is 14.4. The van der Waals surface area contributed by atoms with E-state index >= 15 is 0 Å². The molecule has 120 valence electrons. The molecule has 1 atom stereocenters. The van der Waals surface area contributed by atoms with Crippen LogP contribution in [-0.2, 0) is 0 Å². The quantitative estimate of drug-likeness (QED) is 0.794. The summed E-state index contributed by atoms with van der Waals surface area (Å²) < 4.78 is 0. The van der Waals surface area contributed by atoms with E-state index in [-0.39, 0.29) is 0 Å². The fourth-order valence-electron chi connectivity index (χ4n) is 4.33. The summed E-state index contributed by atoms with van der Waals surface area (Å²) in [6, 6.07) is 4.17. The van der Waals surface area contributed by atoms with Gasteiger partial charge in [0.05, 0.1) is 12.5 Å². The lowest BCUT2D eigenvalue weighted by molar-refractivity contribution is 0.0153. The first-order valence-corrected chi connectivity index (χ1v) is 8.89. The lowest BCUT2D eigenvalue weighted by atomic mass is 9.79. The van der Waals surface area contributed by atoms with Crippen molar-refractivity contribution in [2.75, 3.05) is 19.6 Å². The van der Waals surface area contributed by atoms with Gasteiger partial charge in [-0.1, -0.05) is 13.8 Å². The van der Waals surface area contributed by atoms with Gasteiger partial charge in [-0.25, -0.2) is 0 Å². The summed E-state index contributed by atoms with van der Waals surface area (Å²) in [6.07, 6.45) is 6.20. The highest BCUT2D eigenvalue weighted by Crippen LogP contribution is 2.33. The highest BCUT2D eigenvalue weighted by molar-refractivity contribution is 4.93. The fourth-order valence-corrected chi connectivity index (χ4v) is 4.33. The van der Waals surface area contributed by atoms with Crippen LogP contribution in [-0.4, -0.2) is 47.6 Å². The van der Waals surface area contributed by atoms with Crippen molar-refractivity contribution in [1.29, 1.82) is 5.26 Å². The molecule has 1 saturated carbocycles. The molecule has 1 aliphatic heterocycles. The summed E-state index contributed by atoms with van der Waals surface area (Å²) in [4.78, 5) is 5.22. The molecule has 0 bridgehead atoms. The van der Waals surface area contributed by atoms with E-state index in [1.807, 2.05) is 0 Å². The first kappa shape index (κ1) is 16.8. The van der Waals surface area contributed by atoms with Gasteiger partial charge in [0.2, 0.25) is 0 Å². The molecule has 0 aromatic carbocycles. The van der Waals surface area contributed by atoms with Gasteiger partial charge in [-0.05, 0) is 51.4 Å². The van der Waals surface area contributed by atoms with Gasteiger partial charge in [-0.3, -0.25) is 9.80 Å². The standard InChI is InChI=1S/C18H33N3/c1-14(2)16-5-7-17(8-6-16)20-11-12-21(15(3)4)18(13-20)9-10-19/h14-18H,5-9,11-13H2,1-4H3/t16?,17?,18-/m0/s1. The SMILES string of the molecule is CC(C)C1CCC(N2CCN(C(C)C)[C@@H](CC#N)C2)CC1. The van der Waals surface area contributed by atoms with Crippen molar-refractivity contribution in [3.63, 3.8) is 0 Å². The van der Waals surface area contributed by atoms with E-state index in [2.05, 4.69) is 43.6 Å². The van der Waals surface area contributed by atoms with Crippen LogP contribution in [0.4, 0.5) is 0 Å². The van der Waals surface area contributed by atoms with E-state index in [1.54, 1.807) is 0 Å². The predicted octanol–water partition coefficient (Wildman–Crippen LogP) is 3.51. The van der Waals surface area contributed by atoms with Crippen LogP contribution < -0.4 is 0 Å². The van der Waals surface area contributed by atoms with Crippen molar-refractivity contribution in [2.45, 2.75) is 77.9 Å². The van der Waals surface area contributed by atoms with Crippen molar-refractivity contribution in [2.24, 2.45) is 11.8 Å². The third-order valence-corrected chi connectivity index (χ3v) is 5.75. The molecule has 3 heteroatoms. The van der Waals surface area contributed by atoms with E-state index in [4.69, 9.17) is 5.26 Å². The number of piperazine rings is 1. The normalized spacial score (nSPS) is 32.5. The molecule has 0 amide bonds. The molecule has 2 fully saturated rings. The van der Waals surface area contributed by atoms with Crippen LogP contribution in [0.5, 0.6) is 0 Å². The molecule has 0 N–H and O–H groups in total. The molecule has 0 aromatic rings. The van der Waals surface area contributed by atoms with Crippen LogP contribution in [0.15, 0.2) is 0 Å². The van der Waals surface area contributed by atoms with Crippen molar-refractivity contribution in [3.8, 4) is 6.07 Å². The maximum atomic E-state index is 9.12. The zero-order valence-corrected chi connectivity index (χ0v) is 14.4. The molecule has 0 radical (unpaired) electrons. The van der Waals surface area contributed by atoms with Gasteiger partial charge in [-0.2, -0.15) is 5.26 Å². The second-order valence-corrected chi connectivity index (χ2v) is 7.66. The lowest BCUT2D eigenvalue weighted by Gasteiger charge is -2.47. The summed E-state index contributed by atoms with van der Waals surface area (Å²) >= 11 is 0. The molecular weight excluding hydrogens is 258 g/mol. The van der Waals surface area contributed by atoms with Crippen LogP contribution in [0, 0.1) is 23.2 Å². The second-order valence-electron chi connectivity index (χ2n) is 7.66. The van der Waals surface area contributed by atoms with E-state index in [0.29, 0.717) is 18.5 Å². The Kier molecular flexibility index (Phi) is 6.08. The van der Waals surface area contributed by atoms with Gasteiger partial charge in [0.15, 0.2) is 0 Å². The molecule has 0 spiro atoms. The molecule has 2 rings (SSSR count). The minimum atomic E-state index is 0.437. The van der Waals surface area contributed by atoms with Gasteiger partial charge in [0.25, 0.3) is 0 Å². The number of nitrogens with zero attached hydrogens (tertiary/aromatic N) is 3. The average molecular weight is 291 g/mol. The van der Waals surface area contributed by atoms with Crippen LogP contribution >= 0.6 is 0 Å². The van der Waals surface area contributed by atoms with Crippen LogP contribution in [0.1, 0.15) is 59.8 Å². The smallest absolute Gasteiger partial charge is 0.0638 e. The van der Waals surface area contributed by atoms with E-state index < -0.39 is 0 Å². The number of nitriles is 1. The largest absolute Gasteiger partial charge is 0.298 e. The van der Waals surface area contributed by atoms with Gasteiger partial charge >= 0.3 is 0 Å². The Balaban J connectivity index is 1.89. The third-order valence-electron chi connectivity index (χ3n) is 5.75. The van der Waals surface area contributed by atoms with Gasteiger partial charge in [0, 0.05) is 37.8 Å². The third kappa shape index (κ3) is 4.20. The summed E-state index contributed by atoms with van der Waals surface area (Å²) in [7, 11) is 0. The van der Waals surface area contributed by atoms with E-state index in [0.717, 1.165) is 31.0 Å². The predicted molar refractivity (Wildman–Crippen MR) is 88.0 cm³/mol. The Hall–Kier alpha value is -0.590. The number of rotatable bonds is 4. The summed E-state index contributed by atoms with van der Waals surface area (Å²) in [6.45, 7) is 12.7. The summed E-state index contributed by atoms with van der Waals surface area (Å²) in [5.41, 5.74) is 0. The Morgan fingerprint density at radius 2 is 1.71 bits per heavy atom. The molecule has 0 aromatic heterocycles. The molecule has 1 heterocycles. The second kappa shape index (κ2) is 7.61. The fraction of sp³-hybridized carbons (Fsp3) is 0.944. The minimum absolute atomic E-state index is 0.437. The minimum Gasteiger partial charge on any atom is -0.298 e. The lowest BCUT2D eigenvalue weighted by Crippen LogP contribution is -2.58. The highest BCUT2D eigenvalue weighted by atomic mass is 15.3. The van der Waals surface area contributed by atoms with E-state index in [1.165, 1.54) is 32.2 Å². The molecule has 1 saturated heterocycles. The number of hydrogen-bond donors (Lipinski definition) is 0. The summed E-state index contributed by atoms with van der Waals surface area (Å²) in [5.74, 6) is 1.78. The van der Waals surface area contributed by atoms with Crippen molar-refractivity contribution in [1.82, 2.24) is 9.80 Å². The molecule has 3 nitrogen and oxygen atoms in total. The zero-order chi connectivity index (χ0) is 15.4. The average Bonchev–Trinajstić information content (AvgIpc) is 2.47. The molecule has 0 unspecified atom stereocenters. The van der Waals surface area contributed by atoms with Crippen LogP contribution in [0.25, 0.3) is 0 Å². The van der Waals surface area contributed by atoms with Crippen LogP contribution in [0.2, 0.25) is 0 Å². The maximum absolute atomic E-state index is 9.12. The number of hydrogen-bond acceptors (Lipinski definition) is 3. The Labute approximate surface area is 131 Å². The van der Waals surface area contributed by atoms with Gasteiger partial charge in [-0.15, -0.1) is 0 Å². The first-order valence-electron chi connectivity index (χ1n) is 8.89. The highest BCUT2D eigenvalue weighted by Gasteiger charge is 2.33. The Bertz CT molecular complexity index is 350. The Morgan fingerprint density at radius 1 is 1.05 bits per heavy atom. The molecule has 2 aliphatic rings. The molecule has 1 aliphatic carbocycles.